The number of nitrogens with zero attached hydrogens (tertiary/aromatic N) is 2. The van der Waals surface area contributed by atoms with Crippen LogP contribution in [-0.2, 0) is 6.54 Å². The van der Waals surface area contributed by atoms with Gasteiger partial charge in [-0.25, -0.2) is 0 Å². The smallest absolute Gasteiger partial charge is 0.0812 e. The molecule has 0 amide bonds. The fourth-order valence-electron chi connectivity index (χ4n) is 0.785. The molecule has 1 rings (SSSR count). The van der Waals surface area contributed by atoms with E-state index in [4.69, 9.17) is 11.1 Å². The summed E-state index contributed by atoms with van der Waals surface area (Å²) < 4.78 is 0. The summed E-state index contributed by atoms with van der Waals surface area (Å²) in [6.45, 7) is 7.15. The number of thiophene rings is 1. The average Bonchev–Trinajstić information content (AvgIpc) is 2.88. The molecule has 1 aromatic heterocycles. The molecule has 0 saturated carbocycles. The maximum Gasteiger partial charge on any atom is 0.0812 e. The quantitative estimate of drug-likeness (QED) is 0.593. The summed E-state index contributed by atoms with van der Waals surface area (Å²) in [4.78, 5) is 6.48. The van der Waals surface area contributed by atoms with Gasteiger partial charge < -0.3 is 16.0 Å². The van der Waals surface area contributed by atoms with Crippen molar-refractivity contribution < 1.29 is 0 Å². The van der Waals surface area contributed by atoms with Crippen molar-refractivity contribution in [1.29, 1.82) is 5.41 Å². The predicted molar refractivity (Wildman–Crippen MR) is 94.2 cm³/mol. The van der Waals surface area contributed by atoms with E-state index in [9.17, 15) is 0 Å². The van der Waals surface area contributed by atoms with Gasteiger partial charge in [-0.15, -0.1) is 11.3 Å². The van der Waals surface area contributed by atoms with Crippen LogP contribution in [0.3, 0.4) is 0 Å². The second-order valence-electron chi connectivity index (χ2n) is 3.53. The summed E-state index contributed by atoms with van der Waals surface area (Å²) in [5, 5.41) is 11.7. The van der Waals surface area contributed by atoms with Crippen molar-refractivity contribution in [1.82, 2.24) is 10.2 Å². The molecule has 0 aliphatic carbocycles. The zero-order valence-electron chi connectivity index (χ0n) is 13.9. The zero-order valence-corrected chi connectivity index (χ0v) is 14.7. The van der Waals surface area contributed by atoms with Crippen molar-refractivity contribution in [2.45, 2.75) is 27.3 Å². The Morgan fingerprint density at radius 2 is 1.90 bits per heavy atom. The van der Waals surface area contributed by atoms with E-state index in [-0.39, 0.29) is 0 Å². The molecule has 0 unspecified atom stereocenters. The van der Waals surface area contributed by atoms with Gasteiger partial charge >= 0.3 is 0 Å². The number of nitrogens with two attached hydrogens (primary N) is 1. The topological polar surface area (TPSA) is 77.5 Å². The number of aryl methyl sites for hydroxylation is 1. The Hall–Kier alpha value is -1.40. The van der Waals surface area contributed by atoms with Gasteiger partial charge in [0, 0.05) is 32.6 Å². The van der Waals surface area contributed by atoms with Crippen molar-refractivity contribution in [3.63, 3.8) is 0 Å². The molecule has 5 nitrogen and oxygen atoms in total. The molecule has 20 heavy (non-hydrogen) atoms. The summed E-state index contributed by atoms with van der Waals surface area (Å²) >= 11 is 1.80. The van der Waals surface area contributed by atoms with Crippen molar-refractivity contribution in [2.24, 2.45) is 10.7 Å². The number of rotatable bonds is 3. The first-order valence-electron chi connectivity index (χ1n) is 6.50. The monoisotopic (exact) mass is 301 g/mol. The molecule has 0 atom stereocenters. The molecule has 118 valence electrons. The summed E-state index contributed by atoms with van der Waals surface area (Å²) in [6.07, 6.45) is 2.50. The normalized spacial score (nSPS) is 8.35. The molecule has 0 spiro atoms. The first-order valence-corrected chi connectivity index (χ1v) is 7.38. The summed E-state index contributed by atoms with van der Waals surface area (Å²) in [5.41, 5.74) is 6.16. The minimum atomic E-state index is 0.995. The van der Waals surface area contributed by atoms with E-state index in [1.54, 1.807) is 23.3 Å². The molecule has 0 bridgehead atoms. The Morgan fingerprint density at radius 1 is 1.45 bits per heavy atom. The van der Waals surface area contributed by atoms with Crippen LogP contribution in [0.25, 0.3) is 0 Å². The second kappa shape index (κ2) is 19.9. The first-order chi connectivity index (χ1) is 9.53. The van der Waals surface area contributed by atoms with Crippen LogP contribution in [0.15, 0.2) is 16.4 Å². The molecule has 0 saturated heterocycles. The van der Waals surface area contributed by atoms with Crippen molar-refractivity contribution in [3.05, 3.63) is 21.9 Å². The lowest BCUT2D eigenvalue weighted by atomic mass is 10.3. The highest BCUT2D eigenvalue weighted by molar-refractivity contribution is 7.10. The highest BCUT2D eigenvalue weighted by Crippen LogP contribution is 2.13. The molecule has 6 heteroatoms. The summed E-state index contributed by atoms with van der Waals surface area (Å²) in [5.74, 6) is 0. The van der Waals surface area contributed by atoms with Crippen LogP contribution in [0.5, 0.6) is 0 Å². The summed E-state index contributed by atoms with van der Waals surface area (Å²) in [7, 11) is 7.22. The SMILES string of the molecule is CC.CN(C)C=N.CN=CN.CNCc1ccsc1C. The molecular weight excluding hydrogens is 270 g/mol. The number of aliphatic imine (C=N–C) groups is 1. The minimum Gasteiger partial charge on any atom is -0.390 e. The highest BCUT2D eigenvalue weighted by Gasteiger charge is 1.94. The maximum atomic E-state index is 6.46. The largest absolute Gasteiger partial charge is 0.390 e. The van der Waals surface area contributed by atoms with Crippen LogP contribution < -0.4 is 11.1 Å². The number of nitrogens with one attached hydrogen (secondary N) is 2. The Balaban J connectivity index is -0.000000226. The average molecular weight is 302 g/mol. The maximum absolute atomic E-state index is 6.46. The molecule has 0 aliphatic heterocycles. The molecule has 0 fully saturated rings. The number of hydrogen-bond donors (Lipinski definition) is 3. The first kappa shape index (κ1) is 23.7. The molecule has 0 radical (unpaired) electrons. The van der Waals surface area contributed by atoms with Crippen molar-refractivity contribution in [2.75, 3.05) is 28.2 Å². The van der Waals surface area contributed by atoms with Gasteiger partial charge in [0.05, 0.1) is 12.7 Å². The van der Waals surface area contributed by atoms with Gasteiger partial charge in [0.1, 0.15) is 0 Å². The van der Waals surface area contributed by atoms with Gasteiger partial charge in [0.25, 0.3) is 0 Å². The lowest BCUT2D eigenvalue weighted by Crippen LogP contribution is -2.05. The van der Waals surface area contributed by atoms with E-state index >= 15 is 0 Å². The van der Waals surface area contributed by atoms with Crippen LogP contribution in [-0.4, -0.2) is 45.8 Å². The van der Waals surface area contributed by atoms with Gasteiger partial charge in [0.2, 0.25) is 0 Å². The predicted octanol–water partition coefficient (Wildman–Crippen LogP) is 2.56. The fourth-order valence-corrected chi connectivity index (χ4v) is 1.51. The molecular formula is C14H31N5S. The molecule has 0 aromatic carbocycles. The van der Waals surface area contributed by atoms with Crippen LogP contribution >= 0.6 is 11.3 Å². The van der Waals surface area contributed by atoms with Crippen molar-refractivity contribution in [3.8, 4) is 0 Å². The van der Waals surface area contributed by atoms with Crippen LogP contribution in [0.2, 0.25) is 0 Å². The Labute approximate surface area is 128 Å². The van der Waals surface area contributed by atoms with E-state index in [0.717, 1.165) is 6.54 Å². The third-order valence-electron chi connectivity index (χ3n) is 1.74. The summed E-state index contributed by atoms with van der Waals surface area (Å²) in [6, 6.07) is 2.16. The zero-order chi connectivity index (χ0) is 16.4. The van der Waals surface area contributed by atoms with Gasteiger partial charge in [-0.2, -0.15) is 0 Å². The van der Waals surface area contributed by atoms with Gasteiger partial charge in [-0.1, -0.05) is 13.8 Å². The second-order valence-corrected chi connectivity index (χ2v) is 4.65. The van der Waals surface area contributed by atoms with Crippen LogP contribution in [0, 0.1) is 12.3 Å². The lowest BCUT2D eigenvalue weighted by molar-refractivity contribution is 0.639. The Bertz CT molecular complexity index is 317. The standard InChI is InChI=1S/C7H11NS.C3H8N2.C2H6N2.C2H6/c1-6-7(5-8-2)3-4-9-6;1-5(2)3-4;1-4-2-3;1-2/h3-4,8H,5H2,1-2H3;3-4H,1-2H3;2H,1H3,(H2,3,4);1-2H3. The van der Waals surface area contributed by atoms with Crippen LogP contribution in [0.1, 0.15) is 24.3 Å². The number of hydrogen-bond acceptors (Lipinski definition) is 4. The van der Waals surface area contributed by atoms with E-state index in [1.807, 2.05) is 35.0 Å². The fraction of sp³-hybridized carbons (Fsp3) is 0.571. The van der Waals surface area contributed by atoms with Crippen molar-refractivity contribution >= 4 is 24.0 Å². The van der Waals surface area contributed by atoms with Gasteiger partial charge in [0.15, 0.2) is 0 Å². The molecule has 0 aliphatic rings. The third-order valence-corrected chi connectivity index (χ3v) is 2.63. The lowest BCUT2D eigenvalue weighted by Gasteiger charge is -1.96. The Morgan fingerprint density at radius 3 is 2.10 bits per heavy atom. The Kier molecular flexibility index (Phi) is 23.6. The van der Waals surface area contributed by atoms with Gasteiger partial charge in [-0.05, 0) is 31.0 Å². The minimum absolute atomic E-state index is 0.995. The van der Waals surface area contributed by atoms with E-state index in [1.165, 1.54) is 23.1 Å². The third kappa shape index (κ3) is 19.0. The van der Waals surface area contributed by atoms with E-state index < -0.39 is 0 Å². The molecule has 1 heterocycles. The molecule has 4 N–H and O–H groups in total. The molecule has 1 aromatic rings. The highest BCUT2D eigenvalue weighted by atomic mass is 32.1. The van der Waals surface area contributed by atoms with Gasteiger partial charge in [-0.3, -0.25) is 10.4 Å². The van der Waals surface area contributed by atoms with Crippen LogP contribution in [0.4, 0.5) is 0 Å². The van der Waals surface area contributed by atoms with E-state index in [2.05, 4.69) is 28.7 Å². The van der Waals surface area contributed by atoms with E-state index in [0.29, 0.717) is 0 Å².